The number of aromatic nitrogens is 1. The van der Waals surface area contributed by atoms with Crippen LogP contribution in [0, 0.1) is 23.2 Å². The summed E-state index contributed by atoms with van der Waals surface area (Å²) in [6.45, 7) is 13.1. The zero-order chi connectivity index (χ0) is 27.3. The van der Waals surface area contributed by atoms with E-state index < -0.39 is 35.9 Å². The van der Waals surface area contributed by atoms with Gasteiger partial charge in [0.25, 0.3) is 0 Å². The van der Waals surface area contributed by atoms with Crippen molar-refractivity contribution in [2.24, 2.45) is 23.2 Å². The topological polar surface area (TPSA) is 108 Å². The Hall–Kier alpha value is -2.31. The molecule has 0 fully saturated rings. The number of carbonyl (C=O) groups is 2. The van der Waals surface area contributed by atoms with Crippen molar-refractivity contribution in [3.8, 4) is 0 Å². The number of pyridine rings is 1. The Morgan fingerprint density at radius 3 is 2.44 bits per heavy atom. The van der Waals surface area contributed by atoms with Crippen molar-refractivity contribution in [2.75, 3.05) is 0 Å². The number of Topliss-reactive ketones (excluding diaryl/α,β-unsaturated/α-hetero) is 1. The zero-order valence-corrected chi connectivity index (χ0v) is 22.8. The van der Waals surface area contributed by atoms with E-state index in [9.17, 15) is 19.8 Å². The fourth-order valence-corrected chi connectivity index (χ4v) is 4.61. The second kappa shape index (κ2) is 15.7. The van der Waals surface area contributed by atoms with Crippen LogP contribution in [0.25, 0.3) is 0 Å². The highest BCUT2D eigenvalue weighted by Crippen LogP contribution is 2.33. The first-order valence-electron chi connectivity index (χ1n) is 13.2. The summed E-state index contributed by atoms with van der Waals surface area (Å²) in [6, 6.07) is 6.03. The van der Waals surface area contributed by atoms with Gasteiger partial charge in [-0.3, -0.25) is 14.6 Å². The monoisotopic (exact) mass is 501 g/mol. The number of carboxylic acids is 1. The molecule has 0 amide bonds. The molecule has 0 radical (unpaired) electrons. The van der Waals surface area contributed by atoms with Gasteiger partial charge < -0.3 is 15.3 Å². The van der Waals surface area contributed by atoms with E-state index in [2.05, 4.69) is 37.6 Å². The van der Waals surface area contributed by atoms with Gasteiger partial charge in [-0.2, -0.15) is 0 Å². The van der Waals surface area contributed by atoms with Crippen LogP contribution < -0.4 is 0 Å². The Morgan fingerprint density at radius 1 is 1.17 bits per heavy atom. The van der Waals surface area contributed by atoms with Crippen LogP contribution in [-0.2, 0) is 16.0 Å². The number of allylic oxidation sites excluding steroid dienone is 3. The number of aliphatic hydroxyl groups excluding tert-OH is 2. The normalized spacial score (nSPS) is 16.6. The Bertz CT molecular complexity index is 848. The minimum absolute atomic E-state index is 0.113. The Balaban J connectivity index is 2.56. The molecule has 1 aromatic heterocycles. The van der Waals surface area contributed by atoms with E-state index >= 15 is 0 Å². The number of rotatable bonds is 18. The van der Waals surface area contributed by atoms with Gasteiger partial charge in [-0.05, 0) is 75.8 Å². The number of hydrogen-bond donors (Lipinski definition) is 3. The molecule has 0 spiro atoms. The molecule has 5 atom stereocenters. The largest absolute Gasteiger partial charge is 0.481 e. The number of aliphatic carboxylic acids is 1. The maximum absolute atomic E-state index is 13.2. The molecular weight excluding hydrogens is 454 g/mol. The van der Waals surface area contributed by atoms with Crippen LogP contribution in [0.4, 0.5) is 0 Å². The first kappa shape index (κ1) is 31.7. The molecule has 0 bridgehead atoms. The van der Waals surface area contributed by atoms with Crippen molar-refractivity contribution in [1.29, 1.82) is 0 Å². The third kappa shape index (κ3) is 10.8. The van der Waals surface area contributed by atoms with E-state index in [1.165, 1.54) is 5.57 Å². The van der Waals surface area contributed by atoms with Gasteiger partial charge >= 0.3 is 5.97 Å². The molecule has 202 valence electrons. The predicted octanol–water partition coefficient (Wildman–Crippen LogP) is 5.78. The van der Waals surface area contributed by atoms with Crippen LogP contribution in [0.1, 0.15) is 85.3 Å². The number of nitrogens with zero attached hydrogens (tertiary/aromatic N) is 1. The minimum Gasteiger partial charge on any atom is -0.481 e. The summed E-state index contributed by atoms with van der Waals surface area (Å²) < 4.78 is 0. The molecule has 3 N–H and O–H groups in total. The molecule has 0 aliphatic rings. The SMILES string of the molecule is C=CC[C@@H](C(=O)C(C)(C)[C@@H](O)CC(=O)O)[C@@H](O)[C@@H](C)CCCC(C)=CCC[C@H](C)Cc1ccccn1. The van der Waals surface area contributed by atoms with Crippen LogP contribution in [0.2, 0.25) is 0 Å². The standard InChI is InChI=1S/C30H47NO5/c1-7-12-25(29(36)30(5,6)26(32)20-27(33)34)28(35)23(4)16-11-14-21(2)13-10-15-22(3)19-24-17-8-9-18-31-24/h7-9,13,17-18,22-23,25-26,28,32,35H,1,10-12,14-16,19-20H2,2-6H3,(H,33,34)/t22-,23-,25+,26-,28-/m0/s1. The van der Waals surface area contributed by atoms with Crippen LogP contribution in [-0.4, -0.2) is 44.3 Å². The molecular formula is C30H47NO5. The third-order valence-corrected chi connectivity index (χ3v) is 7.26. The molecule has 36 heavy (non-hydrogen) atoms. The summed E-state index contributed by atoms with van der Waals surface area (Å²) in [7, 11) is 0. The summed E-state index contributed by atoms with van der Waals surface area (Å²) in [4.78, 5) is 28.6. The summed E-state index contributed by atoms with van der Waals surface area (Å²) in [6.07, 6.45) is 9.02. The average molecular weight is 502 g/mol. The second-order valence-corrected chi connectivity index (χ2v) is 10.9. The molecule has 6 nitrogen and oxygen atoms in total. The van der Waals surface area contributed by atoms with Crippen molar-refractivity contribution in [3.63, 3.8) is 0 Å². The van der Waals surface area contributed by atoms with Gasteiger partial charge in [0.15, 0.2) is 0 Å². The number of ketones is 1. The van der Waals surface area contributed by atoms with Crippen molar-refractivity contribution < 1.29 is 24.9 Å². The lowest BCUT2D eigenvalue weighted by atomic mass is 9.71. The molecule has 0 saturated carbocycles. The van der Waals surface area contributed by atoms with Crippen LogP contribution in [0.15, 0.2) is 48.7 Å². The van der Waals surface area contributed by atoms with E-state index in [0.717, 1.165) is 44.2 Å². The van der Waals surface area contributed by atoms with Gasteiger partial charge in [0, 0.05) is 17.8 Å². The average Bonchev–Trinajstić information content (AvgIpc) is 2.81. The molecule has 0 aromatic carbocycles. The van der Waals surface area contributed by atoms with Crippen LogP contribution in [0.5, 0.6) is 0 Å². The van der Waals surface area contributed by atoms with Crippen molar-refractivity contribution in [1.82, 2.24) is 4.98 Å². The highest BCUT2D eigenvalue weighted by Gasteiger charge is 2.43. The zero-order valence-electron chi connectivity index (χ0n) is 22.8. The molecule has 6 heteroatoms. The van der Waals surface area contributed by atoms with Gasteiger partial charge in [0.05, 0.1) is 24.0 Å². The molecule has 0 unspecified atom stereocenters. The molecule has 1 heterocycles. The number of hydrogen-bond acceptors (Lipinski definition) is 5. The van der Waals surface area contributed by atoms with Crippen molar-refractivity contribution in [3.05, 3.63) is 54.4 Å². The lowest BCUT2D eigenvalue weighted by molar-refractivity contribution is -0.147. The summed E-state index contributed by atoms with van der Waals surface area (Å²) in [5.41, 5.74) is 1.18. The first-order valence-corrected chi connectivity index (χ1v) is 13.2. The van der Waals surface area contributed by atoms with E-state index in [0.29, 0.717) is 5.92 Å². The minimum atomic E-state index is -1.32. The number of carboxylic acid groups (broad SMARTS) is 1. The molecule has 1 rings (SSSR count). The summed E-state index contributed by atoms with van der Waals surface area (Å²) >= 11 is 0. The fraction of sp³-hybridized carbons (Fsp3) is 0.633. The second-order valence-electron chi connectivity index (χ2n) is 10.9. The maximum atomic E-state index is 13.2. The number of carbonyl (C=O) groups excluding carboxylic acids is 1. The molecule has 0 aliphatic heterocycles. The lowest BCUT2D eigenvalue weighted by Crippen LogP contribution is -2.46. The summed E-state index contributed by atoms with van der Waals surface area (Å²) in [5, 5.41) is 30.3. The Labute approximate surface area is 217 Å². The van der Waals surface area contributed by atoms with Gasteiger partial charge in [0.1, 0.15) is 5.78 Å². The highest BCUT2D eigenvalue weighted by molar-refractivity contribution is 5.88. The number of aliphatic hydroxyl groups is 2. The fourth-order valence-electron chi connectivity index (χ4n) is 4.61. The first-order chi connectivity index (χ1) is 16.9. The maximum Gasteiger partial charge on any atom is 0.306 e. The Kier molecular flexibility index (Phi) is 13.9. The van der Waals surface area contributed by atoms with Crippen molar-refractivity contribution in [2.45, 2.75) is 98.2 Å². The lowest BCUT2D eigenvalue weighted by Gasteiger charge is -2.35. The van der Waals surface area contributed by atoms with Gasteiger partial charge in [0.2, 0.25) is 0 Å². The van der Waals surface area contributed by atoms with Gasteiger partial charge in [-0.15, -0.1) is 6.58 Å². The quantitative estimate of drug-likeness (QED) is 0.220. The predicted molar refractivity (Wildman–Crippen MR) is 144 cm³/mol. The van der Waals surface area contributed by atoms with Crippen molar-refractivity contribution >= 4 is 11.8 Å². The molecule has 0 saturated heterocycles. The van der Waals surface area contributed by atoms with E-state index in [1.54, 1.807) is 19.9 Å². The smallest absolute Gasteiger partial charge is 0.306 e. The Morgan fingerprint density at radius 2 is 1.86 bits per heavy atom. The van der Waals surface area contributed by atoms with E-state index in [-0.39, 0.29) is 18.1 Å². The third-order valence-electron chi connectivity index (χ3n) is 7.26. The van der Waals surface area contributed by atoms with Crippen LogP contribution >= 0.6 is 0 Å². The van der Waals surface area contributed by atoms with E-state index in [4.69, 9.17) is 5.11 Å². The van der Waals surface area contributed by atoms with Crippen LogP contribution in [0.3, 0.4) is 0 Å². The van der Waals surface area contributed by atoms with E-state index in [1.807, 2.05) is 25.3 Å². The van der Waals surface area contributed by atoms with Gasteiger partial charge in [-0.25, -0.2) is 0 Å². The highest BCUT2D eigenvalue weighted by atomic mass is 16.4. The van der Waals surface area contributed by atoms with Gasteiger partial charge in [-0.1, -0.05) is 51.5 Å². The molecule has 0 aliphatic carbocycles. The summed E-state index contributed by atoms with van der Waals surface area (Å²) in [5.74, 6) is -1.77. The molecule has 1 aromatic rings.